The summed E-state index contributed by atoms with van der Waals surface area (Å²) in [5, 5.41) is 10.3. The van der Waals surface area contributed by atoms with Gasteiger partial charge in [-0.05, 0) is 0 Å². The van der Waals surface area contributed by atoms with E-state index >= 15 is 0 Å². The van der Waals surface area contributed by atoms with Gasteiger partial charge in [-0.25, -0.2) is 0 Å². The van der Waals surface area contributed by atoms with Crippen molar-refractivity contribution in [3.05, 3.63) is 140 Å². The molecule has 0 aliphatic carbocycles. The van der Waals surface area contributed by atoms with Gasteiger partial charge in [-0.15, -0.1) is 0 Å². The van der Waals surface area contributed by atoms with Crippen LogP contribution in [-0.4, -0.2) is 19.1 Å². The molecule has 0 saturated heterocycles. The molecule has 8 rings (SSSR count). The number of para-hydroxylation sites is 2. The van der Waals surface area contributed by atoms with E-state index in [4.69, 9.17) is 0 Å². The van der Waals surface area contributed by atoms with Gasteiger partial charge in [0, 0.05) is 0 Å². The van der Waals surface area contributed by atoms with E-state index in [0.29, 0.717) is 0 Å². The Hall–Kier alpha value is -4.36. The maximum atomic E-state index is 2.48. The third-order valence-corrected chi connectivity index (χ3v) is 10.00. The molecule has 6 aromatic carbocycles. The Balaban J connectivity index is 1.79. The van der Waals surface area contributed by atoms with Crippen molar-refractivity contribution in [3.8, 4) is 5.69 Å². The second kappa shape index (κ2) is 8.60. The van der Waals surface area contributed by atoms with Crippen LogP contribution in [0, 0.1) is 0 Å². The van der Waals surface area contributed by atoms with Gasteiger partial charge in [-0.1, -0.05) is 0 Å². The average Bonchev–Trinajstić information content (AvgIpc) is 3.36. The summed E-state index contributed by atoms with van der Waals surface area (Å²) >= 11 is 0.281. The van der Waals surface area contributed by atoms with Crippen molar-refractivity contribution in [2.45, 2.75) is 0 Å². The van der Waals surface area contributed by atoms with E-state index in [1.54, 1.807) is 0 Å². The van der Waals surface area contributed by atoms with Crippen LogP contribution < -0.4 is 0 Å². The van der Waals surface area contributed by atoms with E-state index in [1.165, 1.54) is 68.3 Å². The SMILES string of the molecule is c1ccc(-n2c3ccccc3c3ccccc3c3ccccc3c3cc4c(cc32)[se]c2ccccc24)cc1. The van der Waals surface area contributed by atoms with Gasteiger partial charge in [0.2, 0.25) is 0 Å². The van der Waals surface area contributed by atoms with Gasteiger partial charge in [0.15, 0.2) is 0 Å². The Morgan fingerprint density at radius 2 is 0.868 bits per heavy atom. The van der Waals surface area contributed by atoms with Crippen molar-refractivity contribution in [2.24, 2.45) is 0 Å². The minimum absolute atomic E-state index is 0.281. The molecule has 0 unspecified atom stereocenters. The average molecular weight is 549 g/mol. The fourth-order valence-electron chi connectivity index (χ4n) is 5.95. The van der Waals surface area contributed by atoms with E-state index in [0.717, 1.165) is 0 Å². The topological polar surface area (TPSA) is 4.93 Å². The molecule has 0 saturated carbocycles. The molecule has 0 spiro atoms. The maximum absolute atomic E-state index is 2.48. The van der Waals surface area contributed by atoms with Gasteiger partial charge in [0.25, 0.3) is 0 Å². The zero-order valence-electron chi connectivity index (χ0n) is 20.6. The minimum atomic E-state index is 0.281. The van der Waals surface area contributed by atoms with E-state index in [1.807, 2.05) is 0 Å². The normalized spacial score (nSPS) is 11.7. The molecule has 178 valence electrons. The van der Waals surface area contributed by atoms with Crippen molar-refractivity contribution >= 4 is 77.1 Å². The number of fused-ring (bicyclic) bond motifs is 10. The molecule has 38 heavy (non-hydrogen) atoms. The molecule has 0 N–H and O–H groups in total. The fourth-order valence-corrected chi connectivity index (χ4v) is 8.30. The molecule has 0 aliphatic rings. The Bertz CT molecular complexity index is 2230. The summed E-state index contributed by atoms with van der Waals surface area (Å²) in [6.07, 6.45) is 0. The third-order valence-electron chi connectivity index (χ3n) is 7.62. The number of hydrogen-bond acceptors (Lipinski definition) is 0. The number of benzene rings is 6. The number of hydrogen-bond donors (Lipinski definition) is 0. The second-order valence-corrected chi connectivity index (χ2v) is 12.0. The monoisotopic (exact) mass is 549 g/mol. The molecule has 1 nitrogen and oxygen atoms in total. The molecule has 0 bridgehead atoms. The van der Waals surface area contributed by atoms with Crippen LogP contribution in [0.1, 0.15) is 0 Å². The van der Waals surface area contributed by atoms with Crippen LogP contribution >= 0.6 is 0 Å². The first-order valence-electron chi connectivity index (χ1n) is 13.0. The van der Waals surface area contributed by atoms with Crippen LogP contribution in [0.15, 0.2) is 140 Å². The van der Waals surface area contributed by atoms with Gasteiger partial charge in [-0.3, -0.25) is 0 Å². The van der Waals surface area contributed by atoms with Crippen LogP contribution in [0.5, 0.6) is 0 Å². The summed E-state index contributed by atoms with van der Waals surface area (Å²) < 4.78 is 5.39. The predicted octanol–water partition coefficient (Wildman–Crippen LogP) is 9.58. The first-order valence-corrected chi connectivity index (χ1v) is 14.7. The van der Waals surface area contributed by atoms with Gasteiger partial charge in [0.05, 0.1) is 0 Å². The van der Waals surface area contributed by atoms with Gasteiger partial charge in [-0.2, -0.15) is 0 Å². The van der Waals surface area contributed by atoms with E-state index in [2.05, 4.69) is 144 Å². The van der Waals surface area contributed by atoms with Crippen molar-refractivity contribution in [1.29, 1.82) is 0 Å². The summed E-state index contributed by atoms with van der Waals surface area (Å²) in [6, 6.07) is 51.3. The molecule has 0 fully saturated rings. The van der Waals surface area contributed by atoms with Gasteiger partial charge < -0.3 is 0 Å². The predicted molar refractivity (Wildman–Crippen MR) is 165 cm³/mol. The Kier molecular flexibility index (Phi) is 4.91. The summed E-state index contributed by atoms with van der Waals surface area (Å²) in [6.45, 7) is 0. The molecule has 0 radical (unpaired) electrons. The molecule has 0 amide bonds. The van der Waals surface area contributed by atoms with E-state index in [-0.39, 0.29) is 14.5 Å². The molecule has 2 heterocycles. The first kappa shape index (κ1) is 21.7. The Labute approximate surface area is 226 Å². The summed E-state index contributed by atoms with van der Waals surface area (Å²) in [5.74, 6) is 0. The standard InChI is InChI=1S/C36H23NSe/c1-2-12-24(13-3-1)37-33-20-10-8-18-29(33)27-16-6-4-14-25(27)26-15-5-7-17-28(26)31-22-32-30-19-9-11-21-35(30)38-36(32)23-34(31)37/h1-23H. The van der Waals surface area contributed by atoms with Crippen LogP contribution in [0.25, 0.3) is 68.3 Å². The fraction of sp³-hybridized carbons (Fsp3) is 0. The molecule has 0 aliphatic heterocycles. The van der Waals surface area contributed by atoms with Crippen LogP contribution in [0.2, 0.25) is 0 Å². The second-order valence-electron chi connectivity index (χ2n) is 9.74. The summed E-state index contributed by atoms with van der Waals surface area (Å²) in [7, 11) is 0. The summed E-state index contributed by atoms with van der Waals surface area (Å²) in [5.41, 5.74) is 3.60. The molecule has 0 atom stereocenters. The molecule has 2 heteroatoms. The summed E-state index contributed by atoms with van der Waals surface area (Å²) in [4.78, 5) is 0. The van der Waals surface area contributed by atoms with Crippen LogP contribution in [0.3, 0.4) is 0 Å². The zero-order valence-corrected chi connectivity index (χ0v) is 22.3. The van der Waals surface area contributed by atoms with Gasteiger partial charge in [0.1, 0.15) is 0 Å². The molecular formula is C36H23NSe. The molecular weight excluding hydrogens is 525 g/mol. The van der Waals surface area contributed by atoms with Crippen LogP contribution in [0.4, 0.5) is 0 Å². The van der Waals surface area contributed by atoms with E-state index in [9.17, 15) is 0 Å². The number of rotatable bonds is 1. The van der Waals surface area contributed by atoms with Crippen molar-refractivity contribution in [1.82, 2.24) is 4.57 Å². The number of nitrogens with zero attached hydrogens (tertiary/aromatic N) is 1. The van der Waals surface area contributed by atoms with E-state index < -0.39 is 0 Å². The van der Waals surface area contributed by atoms with Crippen LogP contribution in [-0.2, 0) is 0 Å². The van der Waals surface area contributed by atoms with Crippen molar-refractivity contribution in [3.63, 3.8) is 0 Å². The molecule has 2 aromatic heterocycles. The number of aromatic nitrogens is 1. The first-order chi connectivity index (χ1) is 18.9. The quantitative estimate of drug-likeness (QED) is 0.180. The third kappa shape index (κ3) is 3.25. The zero-order chi connectivity index (χ0) is 25.1. The van der Waals surface area contributed by atoms with Crippen molar-refractivity contribution in [2.75, 3.05) is 0 Å². The Morgan fingerprint density at radius 1 is 0.342 bits per heavy atom. The molecule has 8 aromatic rings. The van der Waals surface area contributed by atoms with Crippen molar-refractivity contribution < 1.29 is 0 Å². The van der Waals surface area contributed by atoms with Gasteiger partial charge >= 0.3 is 227 Å². The Morgan fingerprint density at radius 3 is 1.58 bits per heavy atom.